The zero-order valence-corrected chi connectivity index (χ0v) is 62.5. The van der Waals surface area contributed by atoms with Gasteiger partial charge in [-0.25, -0.2) is 0 Å². The first kappa shape index (κ1) is 74.7. The lowest BCUT2D eigenvalue weighted by Gasteiger charge is -2.46. The van der Waals surface area contributed by atoms with Crippen LogP contribution in [0.3, 0.4) is 0 Å². The third kappa shape index (κ3) is 20.4. The fourth-order valence-corrected chi connectivity index (χ4v) is 28.9. The smallest absolute Gasteiger partial charge is 0.0318 e. The average molecular weight is 1270 g/mol. The predicted octanol–water partition coefficient (Wildman–Crippen LogP) is 29.2. The summed E-state index contributed by atoms with van der Waals surface area (Å²) in [6, 6.07) is 0. The molecule has 0 saturated heterocycles. The second-order valence-electron chi connectivity index (χ2n) is 41.0. The van der Waals surface area contributed by atoms with Gasteiger partial charge in [0.05, 0.1) is 0 Å². The van der Waals surface area contributed by atoms with Crippen molar-refractivity contribution in [3.05, 3.63) is 0 Å². The summed E-state index contributed by atoms with van der Waals surface area (Å²) in [4.78, 5) is 0. The number of rotatable bonds is 0. The van der Waals surface area contributed by atoms with Crippen molar-refractivity contribution in [2.75, 3.05) is 0 Å². The molecule has 0 nitrogen and oxygen atoms in total. The molecule has 24 fully saturated rings. The Morgan fingerprint density at radius 2 is 0.435 bits per heavy atom. The van der Waals surface area contributed by atoms with Crippen LogP contribution >= 0.6 is 0 Å². The Morgan fingerprint density at radius 3 is 0.750 bits per heavy atom. The van der Waals surface area contributed by atoms with Crippen LogP contribution < -0.4 is 0 Å². The summed E-state index contributed by atoms with van der Waals surface area (Å²) in [5.74, 6) is 33.4. The summed E-state index contributed by atoms with van der Waals surface area (Å²) in [6.45, 7) is 24.5. The van der Waals surface area contributed by atoms with Gasteiger partial charge in [-0.2, -0.15) is 0 Å². The number of fused-ring (bicyclic) bond motifs is 22. The molecule has 0 heteroatoms. The van der Waals surface area contributed by atoms with Gasteiger partial charge in [-0.3, -0.25) is 0 Å². The van der Waals surface area contributed by atoms with Crippen LogP contribution in [0.4, 0.5) is 0 Å². The van der Waals surface area contributed by atoms with E-state index < -0.39 is 0 Å². The lowest BCUT2D eigenvalue weighted by molar-refractivity contribution is 0.0509. The molecule has 0 heterocycles. The van der Waals surface area contributed by atoms with Gasteiger partial charge in [-0.05, 0) is 388 Å². The predicted molar refractivity (Wildman–Crippen MR) is 404 cm³/mol. The highest BCUT2D eigenvalue weighted by Crippen LogP contribution is 2.58. The van der Waals surface area contributed by atoms with Crippen molar-refractivity contribution in [3.63, 3.8) is 0 Å². The molecule has 19 atom stereocenters. The highest BCUT2D eigenvalue weighted by atomic mass is 14.5. The molecule has 92 heavy (non-hydrogen) atoms. The molecule has 0 radical (unpaired) electrons. The minimum Gasteiger partial charge on any atom is -0.0776 e. The van der Waals surface area contributed by atoms with E-state index in [1.165, 1.54) is 51.4 Å². The van der Waals surface area contributed by atoms with Crippen molar-refractivity contribution in [2.24, 2.45) is 183 Å². The molecule has 0 aliphatic heterocycles. The third-order valence-electron chi connectivity index (χ3n) is 34.2. The van der Waals surface area contributed by atoms with Crippen LogP contribution in [-0.2, 0) is 0 Å². The van der Waals surface area contributed by atoms with Crippen LogP contribution in [-0.4, -0.2) is 0 Å². The minimum atomic E-state index is 0. The first-order valence-corrected chi connectivity index (χ1v) is 43.5. The molecular weight excluding hydrogens is 1110 g/mol. The van der Waals surface area contributed by atoms with E-state index in [0.717, 1.165) is 183 Å². The molecule has 0 N–H and O–H groups in total. The topological polar surface area (TPSA) is 0 Å². The first-order chi connectivity index (χ1) is 43.5. The lowest BCUT2D eigenvalue weighted by Crippen LogP contribution is -2.35. The van der Waals surface area contributed by atoms with E-state index in [-0.39, 0.29) is 14.9 Å². The van der Waals surface area contributed by atoms with Crippen molar-refractivity contribution >= 4 is 0 Å². The van der Waals surface area contributed by atoms with Gasteiger partial charge >= 0.3 is 0 Å². The normalized spacial score (nSPS) is 50.4. The highest BCUT2D eigenvalue weighted by Gasteiger charge is 2.46. The molecule has 0 aromatic carbocycles. The Morgan fingerprint density at radius 1 is 0.185 bits per heavy atom. The lowest BCUT2D eigenvalue weighted by atomic mass is 9.59. The summed E-state index contributed by atoms with van der Waals surface area (Å²) in [5.41, 5.74) is 0.785. The maximum absolute atomic E-state index is 2.56. The summed E-state index contributed by atoms with van der Waals surface area (Å²) in [7, 11) is 0. The minimum absolute atomic E-state index is 0. The maximum atomic E-state index is 2.56. The molecule has 24 aliphatic carbocycles. The molecule has 24 aliphatic rings. The molecule has 0 aromatic heterocycles. The van der Waals surface area contributed by atoms with Crippen molar-refractivity contribution in [1.82, 2.24) is 0 Å². The standard InChI is InChI=1S/C12H20.C10H18.4C9H16.4C8H14.2CH4/c1-12-6-9-2-3-10(7-12)5-11(4-9)8-12;1-8-7-9-3-2-4-10(8)6-5-9;1-7-6-8-2-4-9(7)5-3-8;2*1-7-4-8-2-3-9(5-7)6-8;1-7-2-3-8-4-5-9(7)6-8;2*1-6-4-7-2-3-8(6)5-7;2*1-6-7-2-3-8(6)5-4-7;;/h9-11H,2-8H2,1H3;8-10H,2-7H2,1H3;4*7-9H,2-6H2,1H3;4*6-8H,2-5H2,1H3;2*1H4. The summed E-state index contributed by atoms with van der Waals surface area (Å²) >= 11 is 0. The monoisotopic (exact) mass is 1270 g/mol. The molecule has 24 saturated carbocycles. The highest BCUT2D eigenvalue weighted by molar-refractivity contribution is 4.98. The Hall–Kier alpha value is 0. The zero-order chi connectivity index (χ0) is 62.5. The quantitative estimate of drug-likeness (QED) is 0.227. The first-order valence-electron chi connectivity index (χ1n) is 43.5. The van der Waals surface area contributed by atoms with Crippen LogP contribution in [0, 0.1) is 183 Å². The van der Waals surface area contributed by atoms with Crippen molar-refractivity contribution in [2.45, 2.75) is 399 Å². The van der Waals surface area contributed by atoms with Crippen LogP contribution in [0.15, 0.2) is 0 Å². The van der Waals surface area contributed by atoms with Crippen molar-refractivity contribution in [3.8, 4) is 0 Å². The second kappa shape index (κ2) is 35.1. The van der Waals surface area contributed by atoms with E-state index in [4.69, 9.17) is 0 Å². The van der Waals surface area contributed by atoms with E-state index in [0.29, 0.717) is 0 Å². The zero-order valence-electron chi connectivity index (χ0n) is 62.5. The number of hydrogen-bond donors (Lipinski definition) is 0. The maximum Gasteiger partial charge on any atom is -0.0318 e. The molecule has 22 bridgehead atoms. The Kier molecular flexibility index (Phi) is 28.5. The van der Waals surface area contributed by atoms with Crippen molar-refractivity contribution in [1.29, 1.82) is 0 Å². The van der Waals surface area contributed by atoms with Gasteiger partial charge in [0.2, 0.25) is 0 Å². The van der Waals surface area contributed by atoms with Gasteiger partial charge in [0, 0.05) is 0 Å². The van der Waals surface area contributed by atoms with Gasteiger partial charge in [0.15, 0.2) is 0 Å². The van der Waals surface area contributed by atoms with Gasteiger partial charge in [0.1, 0.15) is 0 Å². The van der Waals surface area contributed by atoms with Crippen molar-refractivity contribution < 1.29 is 0 Å². The molecule has 0 amide bonds. The van der Waals surface area contributed by atoms with Crippen LogP contribution in [0.25, 0.3) is 0 Å². The number of hydrogen-bond acceptors (Lipinski definition) is 0. The van der Waals surface area contributed by atoms with Crippen LogP contribution in [0.5, 0.6) is 0 Å². The Balaban J connectivity index is 0.000000112. The average Bonchev–Trinajstić information content (AvgIpc) is 1.61. The van der Waals surface area contributed by atoms with E-state index in [2.05, 4.69) is 69.2 Å². The van der Waals surface area contributed by atoms with E-state index in [9.17, 15) is 0 Å². The molecule has 0 aromatic rings. The van der Waals surface area contributed by atoms with Gasteiger partial charge in [-0.15, -0.1) is 0 Å². The molecule has 24 rings (SSSR count). The van der Waals surface area contributed by atoms with Gasteiger partial charge < -0.3 is 0 Å². The van der Waals surface area contributed by atoms with E-state index in [1.807, 2.05) is 0 Å². The van der Waals surface area contributed by atoms with Crippen LogP contribution in [0.1, 0.15) is 399 Å². The molecule has 534 valence electrons. The second-order valence-corrected chi connectivity index (χ2v) is 41.0. The van der Waals surface area contributed by atoms with Gasteiger partial charge in [-0.1, -0.05) is 193 Å². The fraction of sp³-hybridized carbons (Fsp3) is 1.00. The van der Waals surface area contributed by atoms with E-state index >= 15 is 0 Å². The fourth-order valence-electron chi connectivity index (χ4n) is 28.9. The molecular formula is C92H166. The summed E-state index contributed by atoms with van der Waals surface area (Å²) in [6.07, 6.45) is 76.1. The molecule has 19 unspecified atom stereocenters. The summed E-state index contributed by atoms with van der Waals surface area (Å²) < 4.78 is 0. The third-order valence-corrected chi connectivity index (χ3v) is 34.2. The molecule has 0 spiro atoms. The SMILES string of the molecule is C.C.CC12CC3CCC(CC(C3)C1)C2.CC1C2CCC1CC2.CC1C2CCC1CC2.CC1CC2CCC(C1)C2.CC1CC2CCC(C1)C2.CC1CC2CCC1C2.CC1CC2CCC1C2.CC1CC2CCC1CC2.CC1CC2CCCC1CC2.CC1CCC2CCC1C2. The Labute approximate surface area is 578 Å². The van der Waals surface area contributed by atoms with Crippen LogP contribution in [0.2, 0.25) is 0 Å². The van der Waals surface area contributed by atoms with E-state index in [1.54, 1.807) is 263 Å². The summed E-state index contributed by atoms with van der Waals surface area (Å²) in [5, 5.41) is 0. The van der Waals surface area contributed by atoms with Gasteiger partial charge in [0.25, 0.3) is 0 Å². The largest absolute Gasteiger partial charge is 0.0776 e. The Bertz CT molecular complexity index is 1890.